The van der Waals surface area contributed by atoms with Crippen molar-refractivity contribution in [3.05, 3.63) is 21.8 Å². The zero-order valence-electron chi connectivity index (χ0n) is 4.35. The molecule has 0 saturated heterocycles. The van der Waals surface area contributed by atoms with Gasteiger partial charge < -0.3 is 0 Å². The highest BCUT2D eigenvalue weighted by atomic mass is 127. The Morgan fingerprint density at radius 2 is 2.00 bits per heavy atom. The summed E-state index contributed by atoms with van der Waals surface area (Å²) in [6.07, 6.45) is 4.82. The lowest BCUT2D eigenvalue weighted by Gasteiger charge is -1.94. The summed E-state index contributed by atoms with van der Waals surface area (Å²) < 4.78 is 0.361. The standard InChI is InChI=1S/C6H2IO2/c7-5-3-4(8)1-2-6(5)9/h1-2H. The summed E-state index contributed by atoms with van der Waals surface area (Å²) in [6, 6.07) is 0. The van der Waals surface area contributed by atoms with Gasteiger partial charge in [-0.2, -0.15) is 0 Å². The fourth-order valence-corrected chi connectivity index (χ4v) is 0.882. The normalized spacial score (nSPS) is 18.1. The molecule has 0 aromatic rings. The third-order valence-electron chi connectivity index (χ3n) is 0.835. The fourth-order valence-electron chi connectivity index (χ4n) is 0.436. The van der Waals surface area contributed by atoms with Crippen LogP contribution < -0.4 is 0 Å². The number of rotatable bonds is 0. The van der Waals surface area contributed by atoms with Crippen molar-refractivity contribution in [3.63, 3.8) is 0 Å². The first-order valence-electron chi connectivity index (χ1n) is 2.26. The summed E-state index contributed by atoms with van der Waals surface area (Å²) in [5.74, 6) is -0.380. The van der Waals surface area contributed by atoms with Gasteiger partial charge in [0.2, 0.25) is 0 Å². The van der Waals surface area contributed by atoms with Gasteiger partial charge in [-0.05, 0) is 34.7 Å². The van der Waals surface area contributed by atoms with E-state index in [9.17, 15) is 9.59 Å². The molecule has 1 rings (SSSR count). The first-order chi connectivity index (χ1) is 4.20. The average molecular weight is 233 g/mol. The van der Waals surface area contributed by atoms with Gasteiger partial charge >= 0.3 is 0 Å². The Morgan fingerprint density at radius 1 is 1.33 bits per heavy atom. The van der Waals surface area contributed by atoms with Crippen molar-refractivity contribution < 1.29 is 9.59 Å². The van der Waals surface area contributed by atoms with Gasteiger partial charge in [0.1, 0.15) is 0 Å². The lowest BCUT2D eigenvalue weighted by Crippen LogP contribution is -2.02. The lowest BCUT2D eigenvalue weighted by molar-refractivity contribution is -0.114. The molecule has 1 aliphatic carbocycles. The van der Waals surface area contributed by atoms with E-state index >= 15 is 0 Å². The van der Waals surface area contributed by atoms with Gasteiger partial charge in [-0.3, -0.25) is 9.59 Å². The zero-order chi connectivity index (χ0) is 6.85. The van der Waals surface area contributed by atoms with Gasteiger partial charge in [0.15, 0.2) is 11.6 Å². The van der Waals surface area contributed by atoms with E-state index in [1.807, 2.05) is 0 Å². The second-order valence-corrected chi connectivity index (χ2v) is 2.58. The van der Waals surface area contributed by atoms with Crippen molar-refractivity contribution in [2.75, 3.05) is 0 Å². The third-order valence-corrected chi connectivity index (χ3v) is 1.64. The molecule has 0 bridgehead atoms. The molecular weight excluding hydrogens is 231 g/mol. The number of halogens is 1. The Kier molecular flexibility index (Phi) is 1.80. The van der Waals surface area contributed by atoms with Gasteiger partial charge in [-0.1, -0.05) is 0 Å². The van der Waals surface area contributed by atoms with Crippen LogP contribution in [-0.2, 0) is 9.59 Å². The number of hydrogen-bond donors (Lipinski definition) is 0. The van der Waals surface area contributed by atoms with Crippen LogP contribution in [0.4, 0.5) is 0 Å². The molecule has 0 N–H and O–H groups in total. The Hall–Kier alpha value is -0.450. The summed E-state index contributed by atoms with van der Waals surface area (Å²) in [7, 11) is 0. The average Bonchev–Trinajstić information content (AvgIpc) is 1.80. The smallest absolute Gasteiger partial charge is 0.192 e. The first kappa shape index (κ1) is 6.67. The van der Waals surface area contributed by atoms with E-state index in [0.717, 1.165) is 0 Å². The van der Waals surface area contributed by atoms with Gasteiger partial charge in [0, 0.05) is 0 Å². The monoisotopic (exact) mass is 233 g/mol. The van der Waals surface area contributed by atoms with Crippen molar-refractivity contribution in [2.24, 2.45) is 0 Å². The Morgan fingerprint density at radius 3 is 2.44 bits per heavy atom. The molecule has 0 aromatic carbocycles. The minimum absolute atomic E-state index is 0.143. The Bertz CT molecular complexity index is 225. The number of carbonyl (C=O) groups excluding carboxylic acids is 2. The quantitative estimate of drug-likeness (QED) is 0.458. The first-order valence-corrected chi connectivity index (χ1v) is 3.34. The Labute approximate surface area is 65.8 Å². The topological polar surface area (TPSA) is 34.1 Å². The van der Waals surface area contributed by atoms with E-state index in [1.54, 1.807) is 22.6 Å². The van der Waals surface area contributed by atoms with Crippen molar-refractivity contribution in [1.29, 1.82) is 0 Å². The van der Waals surface area contributed by atoms with Crippen LogP contribution in [0.15, 0.2) is 15.7 Å². The van der Waals surface area contributed by atoms with Crippen LogP contribution in [0.2, 0.25) is 0 Å². The molecule has 45 valence electrons. The molecule has 3 heteroatoms. The van der Waals surface area contributed by atoms with Gasteiger partial charge in [0.05, 0.1) is 9.66 Å². The van der Waals surface area contributed by atoms with Gasteiger partial charge in [0.25, 0.3) is 0 Å². The van der Waals surface area contributed by atoms with Crippen LogP contribution in [0, 0.1) is 6.08 Å². The van der Waals surface area contributed by atoms with Crippen LogP contribution in [0.1, 0.15) is 0 Å². The van der Waals surface area contributed by atoms with E-state index in [1.165, 1.54) is 12.2 Å². The molecular formula is C6H2IO2. The summed E-state index contributed by atoms with van der Waals surface area (Å²) in [4.78, 5) is 21.0. The predicted octanol–water partition coefficient (Wildman–Crippen LogP) is 0.816. The van der Waals surface area contributed by atoms with Crippen LogP contribution in [-0.4, -0.2) is 11.6 Å². The van der Waals surface area contributed by atoms with Crippen molar-refractivity contribution >= 4 is 34.2 Å². The molecule has 0 fully saturated rings. The molecule has 9 heavy (non-hydrogen) atoms. The summed E-state index contributed by atoms with van der Waals surface area (Å²) >= 11 is 1.78. The fraction of sp³-hybridized carbons (Fsp3) is 0. The van der Waals surface area contributed by atoms with Crippen LogP contribution >= 0.6 is 22.6 Å². The van der Waals surface area contributed by atoms with Crippen molar-refractivity contribution in [3.8, 4) is 0 Å². The van der Waals surface area contributed by atoms with Crippen LogP contribution in [0.3, 0.4) is 0 Å². The highest BCUT2D eigenvalue weighted by molar-refractivity contribution is 14.1. The second kappa shape index (κ2) is 2.43. The molecule has 0 aliphatic heterocycles. The lowest BCUT2D eigenvalue weighted by atomic mass is 10.2. The molecule has 0 aromatic heterocycles. The van der Waals surface area contributed by atoms with E-state index < -0.39 is 0 Å². The van der Waals surface area contributed by atoms with Gasteiger partial charge in [-0.25, -0.2) is 0 Å². The number of hydrogen-bond acceptors (Lipinski definition) is 2. The van der Waals surface area contributed by atoms with Crippen LogP contribution in [0.25, 0.3) is 0 Å². The maximum atomic E-state index is 10.6. The highest BCUT2D eigenvalue weighted by Gasteiger charge is 2.09. The molecule has 1 radical (unpaired) electrons. The van der Waals surface area contributed by atoms with E-state index in [-0.39, 0.29) is 11.6 Å². The van der Waals surface area contributed by atoms with E-state index in [4.69, 9.17) is 0 Å². The maximum absolute atomic E-state index is 10.6. The zero-order valence-corrected chi connectivity index (χ0v) is 6.51. The number of carbonyl (C=O) groups is 2. The predicted molar refractivity (Wildman–Crippen MR) is 39.9 cm³/mol. The number of allylic oxidation sites excluding steroid dienone is 4. The van der Waals surface area contributed by atoms with Crippen molar-refractivity contribution in [2.45, 2.75) is 0 Å². The van der Waals surface area contributed by atoms with Crippen molar-refractivity contribution in [1.82, 2.24) is 0 Å². The highest BCUT2D eigenvalue weighted by Crippen LogP contribution is 2.10. The maximum Gasteiger partial charge on any atom is 0.192 e. The van der Waals surface area contributed by atoms with Gasteiger partial charge in [-0.15, -0.1) is 0 Å². The van der Waals surface area contributed by atoms with E-state index in [2.05, 4.69) is 6.08 Å². The number of ketones is 2. The minimum Gasteiger partial charge on any atom is -0.289 e. The van der Waals surface area contributed by atoms with Crippen LogP contribution in [0.5, 0.6) is 0 Å². The Balaban J connectivity index is 2.95. The molecule has 0 atom stereocenters. The summed E-state index contributed by atoms with van der Waals surface area (Å²) in [5, 5.41) is 0. The molecule has 1 aliphatic rings. The summed E-state index contributed by atoms with van der Waals surface area (Å²) in [5.41, 5.74) is 0. The molecule has 2 nitrogen and oxygen atoms in total. The molecule has 0 spiro atoms. The summed E-state index contributed by atoms with van der Waals surface area (Å²) in [6.45, 7) is 0. The molecule has 0 saturated carbocycles. The second-order valence-electron chi connectivity index (χ2n) is 1.50. The molecule has 0 unspecified atom stereocenters. The SMILES string of the molecule is O=C1[C]=C(I)C(=O)C=C1. The largest absolute Gasteiger partial charge is 0.289 e. The third kappa shape index (κ3) is 1.48. The molecule has 0 heterocycles. The van der Waals surface area contributed by atoms with E-state index in [0.29, 0.717) is 3.58 Å². The molecule has 0 amide bonds. The minimum atomic E-state index is -0.237.